The molecule has 3 rings (SSSR count). The Hall–Kier alpha value is -0.680. The van der Waals surface area contributed by atoms with Crippen LogP contribution >= 0.6 is 15.9 Å². The van der Waals surface area contributed by atoms with E-state index in [2.05, 4.69) is 36.1 Å². The molecule has 0 radical (unpaired) electrons. The van der Waals surface area contributed by atoms with Crippen molar-refractivity contribution in [1.29, 1.82) is 0 Å². The van der Waals surface area contributed by atoms with Crippen molar-refractivity contribution in [3.05, 3.63) is 16.9 Å². The minimum atomic E-state index is 0.538. The van der Waals surface area contributed by atoms with Crippen LogP contribution in [0.2, 0.25) is 0 Å². The number of halogens is 1. The number of piperidine rings is 1. The number of aromatic nitrogens is 2. The maximum atomic E-state index is 4.28. The van der Waals surface area contributed by atoms with Gasteiger partial charge in [0.05, 0.1) is 4.47 Å². The van der Waals surface area contributed by atoms with Gasteiger partial charge >= 0.3 is 0 Å². The van der Waals surface area contributed by atoms with Crippen molar-refractivity contribution >= 4 is 21.9 Å². The molecule has 0 bridgehead atoms. The van der Waals surface area contributed by atoms with Crippen molar-refractivity contribution in [3.8, 4) is 0 Å². The number of hydrogen-bond acceptors (Lipinski definition) is 4. The Bertz CT molecular complexity index is 381. The normalized spacial score (nSPS) is 29.0. The van der Waals surface area contributed by atoms with Gasteiger partial charge in [-0.3, -0.25) is 0 Å². The van der Waals surface area contributed by atoms with Gasteiger partial charge < -0.3 is 10.2 Å². The van der Waals surface area contributed by atoms with Crippen LogP contribution in [-0.2, 0) is 0 Å². The third-order valence-corrected chi connectivity index (χ3v) is 4.18. The Morgan fingerprint density at radius 1 is 1.24 bits per heavy atom. The fraction of sp³-hybridized carbons (Fsp3) is 0.667. The largest absolute Gasteiger partial charge is 0.351 e. The zero-order chi connectivity index (χ0) is 11.7. The van der Waals surface area contributed by atoms with Crippen LogP contribution in [0.25, 0.3) is 0 Å². The molecule has 3 heterocycles. The molecule has 0 saturated carbocycles. The lowest BCUT2D eigenvalue weighted by Gasteiger charge is -2.35. The van der Waals surface area contributed by atoms with Crippen LogP contribution in [0.1, 0.15) is 25.7 Å². The van der Waals surface area contributed by atoms with E-state index in [1.807, 2.05) is 0 Å². The van der Waals surface area contributed by atoms with Crippen LogP contribution in [0.15, 0.2) is 16.9 Å². The molecule has 5 heteroatoms. The summed E-state index contributed by atoms with van der Waals surface area (Å²) in [5.41, 5.74) is 0. The lowest BCUT2D eigenvalue weighted by atomic mass is 9.98. The van der Waals surface area contributed by atoms with E-state index in [4.69, 9.17) is 0 Å². The smallest absolute Gasteiger partial charge is 0.222 e. The summed E-state index contributed by atoms with van der Waals surface area (Å²) in [5.74, 6) is 0.754. The van der Waals surface area contributed by atoms with Crippen molar-refractivity contribution < 1.29 is 0 Å². The van der Waals surface area contributed by atoms with Gasteiger partial charge in [-0.1, -0.05) is 0 Å². The predicted molar refractivity (Wildman–Crippen MR) is 71.0 cm³/mol. The van der Waals surface area contributed by atoms with E-state index in [1.54, 1.807) is 12.4 Å². The van der Waals surface area contributed by atoms with Crippen molar-refractivity contribution in [3.63, 3.8) is 0 Å². The van der Waals surface area contributed by atoms with Gasteiger partial charge in [-0.25, -0.2) is 9.97 Å². The second-order valence-corrected chi connectivity index (χ2v) is 5.84. The minimum absolute atomic E-state index is 0.538. The molecule has 2 aliphatic rings. The lowest BCUT2D eigenvalue weighted by Crippen LogP contribution is -2.42. The van der Waals surface area contributed by atoms with Crippen LogP contribution in [0, 0.1) is 0 Å². The summed E-state index contributed by atoms with van der Waals surface area (Å²) in [5, 5.41) is 3.45. The highest BCUT2D eigenvalue weighted by Gasteiger charge is 2.31. The zero-order valence-corrected chi connectivity index (χ0v) is 11.4. The first kappa shape index (κ1) is 11.4. The number of rotatable bonds is 2. The quantitative estimate of drug-likeness (QED) is 0.909. The summed E-state index contributed by atoms with van der Waals surface area (Å²) in [4.78, 5) is 11.2. The Balaban J connectivity index is 1.60. The van der Waals surface area contributed by atoms with Crippen LogP contribution in [0.4, 0.5) is 5.95 Å². The zero-order valence-electron chi connectivity index (χ0n) is 9.77. The van der Waals surface area contributed by atoms with Gasteiger partial charge in [-0.2, -0.15) is 0 Å². The van der Waals surface area contributed by atoms with Gasteiger partial charge in [-0.05, 0) is 48.2 Å². The molecule has 17 heavy (non-hydrogen) atoms. The molecule has 2 aliphatic heterocycles. The number of nitrogens with zero attached hydrogens (tertiary/aromatic N) is 3. The second kappa shape index (κ2) is 4.90. The number of fused-ring (bicyclic) bond motifs is 1. The topological polar surface area (TPSA) is 41.1 Å². The molecule has 2 fully saturated rings. The molecule has 0 aromatic carbocycles. The first-order chi connectivity index (χ1) is 8.31. The van der Waals surface area contributed by atoms with E-state index in [9.17, 15) is 0 Å². The van der Waals surface area contributed by atoms with Crippen molar-refractivity contribution in [2.24, 2.45) is 0 Å². The highest BCUT2D eigenvalue weighted by atomic mass is 79.9. The number of anilines is 1. The van der Waals surface area contributed by atoms with E-state index < -0.39 is 0 Å². The van der Waals surface area contributed by atoms with E-state index in [1.165, 1.54) is 38.8 Å². The van der Waals surface area contributed by atoms with Crippen LogP contribution in [-0.4, -0.2) is 40.0 Å². The van der Waals surface area contributed by atoms with Gasteiger partial charge in [0.1, 0.15) is 0 Å². The summed E-state index contributed by atoms with van der Waals surface area (Å²) >= 11 is 3.35. The standard InChI is InChI=1S/C12H17BrN4/c13-9-7-14-12(15-8-9)16-10-3-5-17-4-1-2-11(17)6-10/h7-8,10-11H,1-6H2,(H,14,15,16)/t10-,11+/m0/s1. The molecule has 1 aromatic rings. The Labute approximate surface area is 110 Å². The molecule has 1 aromatic heterocycles. The first-order valence-electron chi connectivity index (χ1n) is 6.29. The number of nitrogens with one attached hydrogen (secondary N) is 1. The minimum Gasteiger partial charge on any atom is -0.351 e. The predicted octanol–water partition coefficient (Wildman–Crippen LogP) is 2.28. The van der Waals surface area contributed by atoms with Crippen molar-refractivity contribution in [1.82, 2.24) is 14.9 Å². The number of hydrogen-bond donors (Lipinski definition) is 1. The van der Waals surface area contributed by atoms with Crippen molar-refractivity contribution in [2.45, 2.75) is 37.8 Å². The molecule has 4 nitrogen and oxygen atoms in total. The van der Waals surface area contributed by atoms with E-state index >= 15 is 0 Å². The maximum absolute atomic E-state index is 4.28. The highest BCUT2D eigenvalue weighted by molar-refractivity contribution is 9.10. The van der Waals surface area contributed by atoms with Crippen LogP contribution in [0.3, 0.4) is 0 Å². The third-order valence-electron chi connectivity index (χ3n) is 3.77. The molecule has 0 aliphatic carbocycles. The molecule has 92 valence electrons. The monoisotopic (exact) mass is 296 g/mol. The Kier molecular flexibility index (Phi) is 3.29. The van der Waals surface area contributed by atoms with Gasteiger partial charge in [-0.15, -0.1) is 0 Å². The fourth-order valence-electron chi connectivity index (χ4n) is 2.92. The van der Waals surface area contributed by atoms with E-state index in [0.717, 1.165) is 16.5 Å². The fourth-order valence-corrected chi connectivity index (χ4v) is 3.13. The van der Waals surface area contributed by atoms with Gasteiger partial charge in [0.2, 0.25) is 5.95 Å². The molecule has 2 saturated heterocycles. The van der Waals surface area contributed by atoms with Crippen molar-refractivity contribution in [2.75, 3.05) is 18.4 Å². The average molecular weight is 297 g/mol. The lowest BCUT2D eigenvalue weighted by molar-refractivity contribution is 0.188. The SMILES string of the molecule is Brc1cnc(N[C@H]2CCN3CCC[C@@H]3C2)nc1. The van der Waals surface area contributed by atoms with Gasteiger partial charge in [0.15, 0.2) is 0 Å². The van der Waals surface area contributed by atoms with Gasteiger partial charge in [0, 0.05) is 31.0 Å². The molecule has 2 atom stereocenters. The molecular formula is C12H17BrN4. The molecule has 0 spiro atoms. The highest BCUT2D eigenvalue weighted by Crippen LogP contribution is 2.27. The van der Waals surface area contributed by atoms with E-state index in [0.29, 0.717) is 6.04 Å². The Morgan fingerprint density at radius 3 is 2.88 bits per heavy atom. The summed E-state index contributed by atoms with van der Waals surface area (Å²) in [6.45, 7) is 2.52. The average Bonchev–Trinajstić information content (AvgIpc) is 2.79. The summed E-state index contributed by atoms with van der Waals surface area (Å²) in [6.07, 6.45) is 8.75. The maximum Gasteiger partial charge on any atom is 0.222 e. The van der Waals surface area contributed by atoms with Crippen LogP contribution < -0.4 is 5.32 Å². The summed E-state index contributed by atoms with van der Waals surface area (Å²) in [6, 6.07) is 1.33. The second-order valence-electron chi connectivity index (χ2n) is 4.92. The molecule has 0 unspecified atom stereocenters. The summed E-state index contributed by atoms with van der Waals surface area (Å²) in [7, 11) is 0. The first-order valence-corrected chi connectivity index (χ1v) is 7.09. The third kappa shape index (κ3) is 2.60. The van der Waals surface area contributed by atoms with E-state index in [-0.39, 0.29) is 0 Å². The molecule has 1 N–H and O–H groups in total. The van der Waals surface area contributed by atoms with Gasteiger partial charge in [0.25, 0.3) is 0 Å². The molecule has 0 amide bonds. The molecular weight excluding hydrogens is 280 g/mol. The Morgan fingerprint density at radius 2 is 2.06 bits per heavy atom. The van der Waals surface area contributed by atoms with Crippen LogP contribution in [0.5, 0.6) is 0 Å². The summed E-state index contributed by atoms with van der Waals surface area (Å²) < 4.78 is 0.925.